The third kappa shape index (κ3) is 3.49. The van der Waals surface area contributed by atoms with Crippen LogP contribution in [0.25, 0.3) is 11.3 Å². The Kier molecular flexibility index (Phi) is 4.13. The van der Waals surface area contributed by atoms with Crippen molar-refractivity contribution in [1.82, 2.24) is 10.2 Å². The predicted octanol–water partition coefficient (Wildman–Crippen LogP) is 2.38. The van der Waals surface area contributed by atoms with Gasteiger partial charge in [0.1, 0.15) is 5.82 Å². The van der Waals surface area contributed by atoms with Gasteiger partial charge in [-0.15, -0.1) is 0 Å². The highest BCUT2D eigenvalue weighted by Crippen LogP contribution is 2.22. The highest BCUT2D eigenvalue weighted by Gasteiger charge is 2.15. The molecule has 122 valence electrons. The Hall–Kier alpha value is -3.00. The summed E-state index contributed by atoms with van der Waals surface area (Å²) in [5.41, 5.74) is 1.07. The Morgan fingerprint density at radius 3 is 2.50 bits per heavy atom. The number of hydrogen-bond donors (Lipinski definition) is 2. The van der Waals surface area contributed by atoms with Crippen molar-refractivity contribution in [3.05, 3.63) is 76.8 Å². The molecule has 0 saturated carbocycles. The molecule has 6 nitrogen and oxygen atoms in total. The summed E-state index contributed by atoms with van der Waals surface area (Å²) in [5, 5.41) is 6.20. The monoisotopic (exact) mass is 345 g/mol. The van der Waals surface area contributed by atoms with Crippen LogP contribution in [0.15, 0.2) is 70.4 Å². The Labute approximate surface area is 137 Å². The SMILES string of the molecule is O=c1ccc(-c2cccc(NS(=O)(=O)c3cccc(F)c3)c2)n[nH]1. The maximum absolute atomic E-state index is 13.2. The van der Waals surface area contributed by atoms with E-state index in [0.29, 0.717) is 16.9 Å². The second kappa shape index (κ2) is 6.25. The van der Waals surface area contributed by atoms with Crippen molar-refractivity contribution in [2.24, 2.45) is 0 Å². The van der Waals surface area contributed by atoms with Crippen LogP contribution in [0.1, 0.15) is 0 Å². The van der Waals surface area contributed by atoms with Gasteiger partial charge >= 0.3 is 0 Å². The highest BCUT2D eigenvalue weighted by atomic mass is 32.2. The van der Waals surface area contributed by atoms with Crippen LogP contribution in [0.4, 0.5) is 10.1 Å². The van der Waals surface area contributed by atoms with Gasteiger partial charge in [-0.25, -0.2) is 17.9 Å². The second-order valence-corrected chi connectivity index (χ2v) is 6.63. The summed E-state index contributed by atoms with van der Waals surface area (Å²) < 4.78 is 40.2. The van der Waals surface area contributed by atoms with Gasteiger partial charge in [-0.2, -0.15) is 5.10 Å². The van der Waals surface area contributed by atoms with Crippen molar-refractivity contribution >= 4 is 15.7 Å². The van der Waals surface area contributed by atoms with Gasteiger partial charge in [0.2, 0.25) is 0 Å². The maximum Gasteiger partial charge on any atom is 0.264 e. The van der Waals surface area contributed by atoms with Gasteiger partial charge in [-0.05, 0) is 36.4 Å². The number of hydrogen-bond acceptors (Lipinski definition) is 4. The molecule has 0 aliphatic heterocycles. The lowest BCUT2D eigenvalue weighted by molar-refractivity contribution is 0.595. The zero-order chi connectivity index (χ0) is 17.2. The molecule has 8 heteroatoms. The zero-order valence-corrected chi connectivity index (χ0v) is 13.0. The van der Waals surface area contributed by atoms with Crippen LogP contribution in [-0.2, 0) is 10.0 Å². The largest absolute Gasteiger partial charge is 0.280 e. The number of rotatable bonds is 4. The molecule has 3 aromatic rings. The van der Waals surface area contributed by atoms with E-state index in [2.05, 4.69) is 14.9 Å². The van der Waals surface area contributed by atoms with Gasteiger partial charge in [-0.3, -0.25) is 9.52 Å². The smallest absolute Gasteiger partial charge is 0.264 e. The first-order valence-corrected chi connectivity index (χ1v) is 8.37. The summed E-state index contributed by atoms with van der Waals surface area (Å²) in [6.07, 6.45) is 0. The van der Waals surface area contributed by atoms with Crippen molar-refractivity contribution in [2.75, 3.05) is 4.72 Å². The van der Waals surface area contributed by atoms with Crippen LogP contribution >= 0.6 is 0 Å². The molecule has 0 atom stereocenters. The third-order valence-corrected chi connectivity index (χ3v) is 4.58. The van der Waals surface area contributed by atoms with E-state index in [1.54, 1.807) is 24.3 Å². The Bertz CT molecular complexity index is 1030. The summed E-state index contributed by atoms with van der Waals surface area (Å²) in [4.78, 5) is 10.9. The zero-order valence-electron chi connectivity index (χ0n) is 12.2. The van der Waals surface area contributed by atoms with Gasteiger partial charge in [-0.1, -0.05) is 18.2 Å². The van der Waals surface area contributed by atoms with Crippen molar-refractivity contribution in [2.45, 2.75) is 4.90 Å². The summed E-state index contributed by atoms with van der Waals surface area (Å²) in [6.45, 7) is 0. The summed E-state index contributed by atoms with van der Waals surface area (Å²) >= 11 is 0. The Morgan fingerprint density at radius 1 is 1.00 bits per heavy atom. The number of aromatic nitrogens is 2. The average Bonchev–Trinajstić information content (AvgIpc) is 2.55. The normalized spacial score (nSPS) is 11.2. The summed E-state index contributed by atoms with van der Waals surface area (Å²) in [7, 11) is -3.91. The van der Waals surface area contributed by atoms with Crippen LogP contribution in [0.3, 0.4) is 0 Å². The van der Waals surface area contributed by atoms with E-state index >= 15 is 0 Å². The van der Waals surface area contributed by atoms with Crippen LogP contribution in [0.2, 0.25) is 0 Å². The number of H-pyrrole nitrogens is 1. The molecule has 1 aromatic heterocycles. The molecule has 24 heavy (non-hydrogen) atoms. The van der Waals surface area contributed by atoms with Crippen molar-refractivity contribution in [3.63, 3.8) is 0 Å². The van der Waals surface area contributed by atoms with Crippen molar-refractivity contribution < 1.29 is 12.8 Å². The quantitative estimate of drug-likeness (QED) is 0.759. The van der Waals surface area contributed by atoms with E-state index in [4.69, 9.17) is 0 Å². The molecule has 0 spiro atoms. The van der Waals surface area contributed by atoms with Gasteiger partial charge in [0.15, 0.2) is 0 Å². The molecule has 0 unspecified atom stereocenters. The Morgan fingerprint density at radius 2 is 1.79 bits per heavy atom. The molecule has 1 heterocycles. The van der Waals surface area contributed by atoms with E-state index in [1.807, 2.05) is 0 Å². The number of nitrogens with one attached hydrogen (secondary N) is 2. The number of sulfonamides is 1. The molecule has 2 N–H and O–H groups in total. The topological polar surface area (TPSA) is 91.9 Å². The molecule has 0 amide bonds. The molecular formula is C16H12FN3O3S. The third-order valence-electron chi connectivity index (χ3n) is 3.20. The minimum atomic E-state index is -3.91. The molecule has 0 aliphatic carbocycles. The average molecular weight is 345 g/mol. The molecule has 0 saturated heterocycles. The molecule has 0 aliphatic rings. The van der Waals surface area contributed by atoms with Crippen molar-refractivity contribution in [3.8, 4) is 11.3 Å². The molecule has 0 radical (unpaired) electrons. The van der Waals surface area contributed by atoms with Crippen molar-refractivity contribution in [1.29, 1.82) is 0 Å². The van der Waals surface area contributed by atoms with Crippen LogP contribution in [0, 0.1) is 5.82 Å². The number of benzene rings is 2. The number of aromatic amines is 1. The van der Waals surface area contributed by atoms with Gasteiger partial charge in [0.25, 0.3) is 15.6 Å². The molecule has 3 rings (SSSR count). The lowest BCUT2D eigenvalue weighted by Gasteiger charge is -2.09. The first-order chi connectivity index (χ1) is 11.4. The summed E-state index contributed by atoms with van der Waals surface area (Å²) in [6, 6.07) is 14.1. The minimum absolute atomic E-state index is 0.171. The van der Waals surface area contributed by atoms with E-state index in [-0.39, 0.29) is 10.5 Å². The molecule has 0 bridgehead atoms. The predicted molar refractivity (Wildman–Crippen MR) is 87.5 cm³/mol. The van der Waals surface area contributed by atoms with Crippen LogP contribution in [-0.4, -0.2) is 18.6 Å². The van der Waals surface area contributed by atoms with Crippen LogP contribution < -0.4 is 10.3 Å². The number of nitrogens with zero attached hydrogens (tertiary/aromatic N) is 1. The fourth-order valence-electron chi connectivity index (χ4n) is 2.10. The highest BCUT2D eigenvalue weighted by molar-refractivity contribution is 7.92. The molecular weight excluding hydrogens is 333 g/mol. The van der Waals surface area contributed by atoms with Gasteiger partial charge in [0, 0.05) is 17.3 Å². The summed E-state index contributed by atoms with van der Waals surface area (Å²) in [5.74, 6) is -0.635. The second-order valence-electron chi connectivity index (χ2n) is 4.95. The Balaban J connectivity index is 1.92. The van der Waals surface area contributed by atoms with E-state index in [0.717, 1.165) is 6.07 Å². The first-order valence-electron chi connectivity index (χ1n) is 6.89. The van der Waals surface area contributed by atoms with Crippen LogP contribution in [0.5, 0.6) is 0 Å². The lowest BCUT2D eigenvalue weighted by Crippen LogP contribution is -2.13. The maximum atomic E-state index is 13.2. The molecule has 2 aromatic carbocycles. The minimum Gasteiger partial charge on any atom is -0.280 e. The fraction of sp³-hybridized carbons (Fsp3) is 0. The standard InChI is InChI=1S/C16H12FN3O3S/c17-12-4-2-6-14(10-12)24(22,23)20-13-5-1-3-11(9-13)15-7-8-16(21)19-18-15/h1-10,20H,(H,19,21). The van der Waals surface area contributed by atoms with Gasteiger partial charge in [0.05, 0.1) is 10.6 Å². The fourth-order valence-corrected chi connectivity index (χ4v) is 3.18. The number of anilines is 1. The van der Waals surface area contributed by atoms with Gasteiger partial charge < -0.3 is 0 Å². The van der Waals surface area contributed by atoms with E-state index < -0.39 is 15.8 Å². The lowest BCUT2D eigenvalue weighted by atomic mass is 10.1. The molecule has 0 fully saturated rings. The first kappa shape index (κ1) is 15.9. The van der Waals surface area contributed by atoms with E-state index in [1.165, 1.54) is 30.3 Å². The number of halogens is 1. The van der Waals surface area contributed by atoms with E-state index in [9.17, 15) is 17.6 Å².